The van der Waals surface area contributed by atoms with E-state index < -0.39 is 0 Å². The molecule has 1 aliphatic carbocycles. The van der Waals surface area contributed by atoms with Crippen molar-refractivity contribution in [3.05, 3.63) is 23.3 Å². The summed E-state index contributed by atoms with van der Waals surface area (Å²) < 4.78 is 6.43. The van der Waals surface area contributed by atoms with Crippen molar-refractivity contribution in [3.8, 4) is 11.5 Å². The number of phenolic OH excluding ortho intramolecular Hbond substituents is 1. The Morgan fingerprint density at radius 2 is 1.96 bits per heavy atom. The standard InChI is InChI=1S/C22H34O2/c1-5-7-8-9-16-13-19(23)21-17-12-15(6-2)10-11-18(17)22(3,4)24-20(21)14-16/h13-15,17-18,23H,5-12H2,1-4H3/t15-,17?,18?/m1/s1. The topological polar surface area (TPSA) is 29.5 Å². The molecule has 0 radical (unpaired) electrons. The molecule has 2 unspecified atom stereocenters. The maximum absolute atomic E-state index is 10.8. The van der Waals surface area contributed by atoms with Crippen molar-refractivity contribution >= 4 is 0 Å². The molecule has 0 aromatic heterocycles. The van der Waals surface area contributed by atoms with Gasteiger partial charge in [-0.3, -0.25) is 0 Å². The van der Waals surface area contributed by atoms with Gasteiger partial charge in [0, 0.05) is 11.5 Å². The normalized spacial score (nSPS) is 27.9. The molecule has 1 heterocycles. The lowest BCUT2D eigenvalue weighted by Gasteiger charge is -2.49. The molecule has 1 fully saturated rings. The van der Waals surface area contributed by atoms with Gasteiger partial charge in [-0.15, -0.1) is 0 Å². The molecular weight excluding hydrogens is 296 g/mol. The summed E-state index contributed by atoms with van der Waals surface area (Å²) in [5, 5.41) is 10.8. The van der Waals surface area contributed by atoms with Crippen LogP contribution in [0.3, 0.4) is 0 Å². The van der Waals surface area contributed by atoms with E-state index in [1.807, 2.05) is 6.07 Å². The number of aromatic hydroxyl groups is 1. The Hall–Kier alpha value is -1.18. The van der Waals surface area contributed by atoms with Crippen LogP contribution < -0.4 is 4.74 Å². The molecule has 0 spiro atoms. The smallest absolute Gasteiger partial charge is 0.127 e. The van der Waals surface area contributed by atoms with Gasteiger partial charge in [-0.25, -0.2) is 0 Å². The molecule has 3 atom stereocenters. The number of aryl methyl sites for hydroxylation is 1. The van der Waals surface area contributed by atoms with Gasteiger partial charge in [0.25, 0.3) is 0 Å². The first kappa shape index (κ1) is 17.6. The van der Waals surface area contributed by atoms with Crippen LogP contribution in [0.2, 0.25) is 0 Å². The van der Waals surface area contributed by atoms with Crippen molar-refractivity contribution in [3.63, 3.8) is 0 Å². The second-order valence-corrected chi connectivity index (χ2v) is 8.49. The average Bonchev–Trinajstić information content (AvgIpc) is 2.53. The zero-order chi connectivity index (χ0) is 17.3. The monoisotopic (exact) mass is 330 g/mol. The predicted octanol–water partition coefficient (Wildman–Crippen LogP) is 6.21. The van der Waals surface area contributed by atoms with Gasteiger partial charge in [0.15, 0.2) is 0 Å². The van der Waals surface area contributed by atoms with E-state index in [-0.39, 0.29) is 5.60 Å². The van der Waals surface area contributed by atoms with E-state index in [0.29, 0.717) is 17.6 Å². The van der Waals surface area contributed by atoms with Crippen LogP contribution in [0.5, 0.6) is 11.5 Å². The van der Waals surface area contributed by atoms with Crippen molar-refractivity contribution in [1.82, 2.24) is 0 Å². The minimum atomic E-state index is -0.134. The minimum absolute atomic E-state index is 0.134. The molecule has 1 N–H and O–H groups in total. The number of phenols is 1. The Kier molecular flexibility index (Phi) is 5.13. The summed E-state index contributed by atoms with van der Waals surface area (Å²) in [6, 6.07) is 4.21. The van der Waals surface area contributed by atoms with E-state index >= 15 is 0 Å². The fourth-order valence-corrected chi connectivity index (χ4v) is 4.99. The molecule has 0 saturated heterocycles. The van der Waals surface area contributed by atoms with E-state index in [2.05, 4.69) is 33.8 Å². The summed E-state index contributed by atoms with van der Waals surface area (Å²) in [7, 11) is 0. The van der Waals surface area contributed by atoms with Crippen molar-refractivity contribution in [2.24, 2.45) is 11.8 Å². The molecule has 0 bridgehead atoms. The molecule has 3 rings (SSSR count). The van der Waals surface area contributed by atoms with Gasteiger partial charge in [0.05, 0.1) is 0 Å². The van der Waals surface area contributed by atoms with Crippen LogP contribution in [-0.2, 0) is 6.42 Å². The fraction of sp³-hybridized carbons (Fsp3) is 0.727. The maximum Gasteiger partial charge on any atom is 0.127 e. The van der Waals surface area contributed by atoms with Gasteiger partial charge in [-0.1, -0.05) is 39.5 Å². The van der Waals surface area contributed by atoms with Gasteiger partial charge < -0.3 is 9.84 Å². The molecule has 2 nitrogen and oxygen atoms in total. The van der Waals surface area contributed by atoms with Crippen molar-refractivity contribution in [2.45, 2.75) is 90.6 Å². The van der Waals surface area contributed by atoms with Crippen LogP contribution in [0.25, 0.3) is 0 Å². The van der Waals surface area contributed by atoms with Gasteiger partial charge in [-0.2, -0.15) is 0 Å². The molecule has 2 heteroatoms. The molecule has 24 heavy (non-hydrogen) atoms. The first-order chi connectivity index (χ1) is 11.5. The highest BCUT2D eigenvalue weighted by molar-refractivity contribution is 5.52. The summed E-state index contributed by atoms with van der Waals surface area (Å²) in [5.41, 5.74) is 2.18. The lowest BCUT2D eigenvalue weighted by Crippen LogP contribution is -2.46. The number of ether oxygens (including phenoxy) is 1. The maximum atomic E-state index is 10.8. The number of hydrogen-bond acceptors (Lipinski definition) is 2. The molecule has 1 aromatic carbocycles. The number of fused-ring (bicyclic) bond motifs is 3. The third-order valence-corrected chi connectivity index (χ3v) is 6.42. The van der Waals surface area contributed by atoms with Crippen LogP contribution in [0.1, 0.15) is 89.7 Å². The minimum Gasteiger partial charge on any atom is -0.508 e. The second-order valence-electron chi connectivity index (χ2n) is 8.49. The molecular formula is C22H34O2. The summed E-state index contributed by atoms with van der Waals surface area (Å²) in [6.07, 6.45) is 9.64. The first-order valence-corrected chi connectivity index (χ1v) is 10.0. The second kappa shape index (κ2) is 6.98. The lowest BCUT2D eigenvalue weighted by atomic mass is 9.63. The largest absolute Gasteiger partial charge is 0.508 e. The zero-order valence-electron chi connectivity index (χ0n) is 15.9. The Bertz CT molecular complexity index is 576. The Morgan fingerprint density at radius 1 is 1.17 bits per heavy atom. The number of hydrogen-bond donors (Lipinski definition) is 1. The summed E-state index contributed by atoms with van der Waals surface area (Å²) in [6.45, 7) is 9.00. The third kappa shape index (κ3) is 3.30. The Labute approximate surface area is 147 Å². The molecule has 1 aromatic rings. The highest BCUT2D eigenvalue weighted by atomic mass is 16.5. The molecule has 1 saturated carbocycles. The summed E-state index contributed by atoms with van der Waals surface area (Å²) in [4.78, 5) is 0. The fourth-order valence-electron chi connectivity index (χ4n) is 4.99. The van der Waals surface area contributed by atoms with Gasteiger partial charge in [-0.05, 0) is 69.1 Å². The Balaban J connectivity index is 1.93. The average molecular weight is 331 g/mol. The van der Waals surface area contributed by atoms with Crippen molar-refractivity contribution in [2.75, 3.05) is 0 Å². The number of benzene rings is 1. The van der Waals surface area contributed by atoms with E-state index in [1.54, 1.807) is 0 Å². The predicted molar refractivity (Wildman–Crippen MR) is 99.9 cm³/mol. The molecule has 0 amide bonds. The van der Waals surface area contributed by atoms with Crippen LogP contribution in [-0.4, -0.2) is 10.7 Å². The Morgan fingerprint density at radius 3 is 2.67 bits per heavy atom. The van der Waals surface area contributed by atoms with E-state index in [1.165, 1.54) is 50.5 Å². The molecule has 2 aliphatic rings. The summed E-state index contributed by atoms with van der Waals surface area (Å²) >= 11 is 0. The van der Waals surface area contributed by atoms with E-state index in [9.17, 15) is 5.11 Å². The molecule has 134 valence electrons. The highest BCUT2D eigenvalue weighted by Crippen LogP contribution is 2.55. The van der Waals surface area contributed by atoms with Gasteiger partial charge in [0.1, 0.15) is 17.1 Å². The number of rotatable bonds is 5. The van der Waals surface area contributed by atoms with E-state index in [4.69, 9.17) is 4.74 Å². The van der Waals surface area contributed by atoms with Gasteiger partial charge in [0.2, 0.25) is 0 Å². The van der Waals surface area contributed by atoms with Crippen molar-refractivity contribution < 1.29 is 9.84 Å². The SMILES string of the molecule is CCCCCc1cc(O)c2c(c1)OC(C)(C)C1CC[C@@H](CC)CC21. The van der Waals surface area contributed by atoms with Crippen molar-refractivity contribution in [1.29, 1.82) is 0 Å². The third-order valence-electron chi connectivity index (χ3n) is 6.42. The highest BCUT2D eigenvalue weighted by Gasteiger charge is 2.47. The molecule has 1 aliphatic heterocycles. The number of unbranched alkanes of at least 4 members (excludes halogenated alkanes) is 2. The lowest BCUT2D eigenvalue weighted by molar-refractivity contribution is -0.0163. The summed E-state index contributed by atoms with van der Waals surface area (Å²) in [5.74, 6) is 3.18. The first-order valence-electron chi connectivity index (χ1n) is 10.0. The van der Waals surface area contributed by atoms with Crippen LogP contribution >= 0.6 is 0 Å². The van der Waals surface area contributed by atoms with Crippen LogP contribution in [0.15, 0.2) is 12.1 Å². The van der Waals surface area contributed by atoms with Crippen LogP contribution in [0, 0.1) is 11.8 Å². The zero-order valence-corrected chi connectivity index (χ0v) is 15.9. The van der Waals surface area contributed by atoms with Gasteiger partial charge >= 0.3 is 0 Å². The van der Waals surface area contributed by atoms with E-state index in [0.717, 1.165) is 23.7 Å². The van der Waals surface area contributed by atoms with Crippen LogP contribution in [0.4, 0.5) is 0 Å². The quantitative estimate of drug-likeness (QED) is 0.651.